The summed E-state index contributed by atoms with van der Waals surface area (Å²) >= 11 is 0. The number of hydrogen-bond acceptors (Lipinski definition) is 7. The molecule has 1 atom stereocenters. The maximum atomic E-state index is 13.0. The summed E-state index contributed by atoms with van der Waals surface area (Å²) in [5.41, 5.74) is 7.45. The normalized spacial score (nSPS) is 14.8. The first-order valence-electron chi connectivity index (χ1n) is 9.80. The van der Waals surface area contributed by atoms with Crippen LogP contribution in [-0.2, 0) is 0 Å². The van der Waals surface area contributed by atoms with Crippen LogP contribution < -0.4 is 16.3 Å². The number of anilines is 1. The van der Waals surface area contributed by atoms with E-state index in [0.717, 1.165) is 17.9 Å². The number of benzene rings is 2. The standard InChI is InChI=1S/C21H20F3N5O3/c1-11(19-27-18(28-32-19)13-2-3-13)29(26)20(30)16-10-14(6-9-17(16)25)12-4-7-15(8-5-12)31-21(22,23)24/h4-11,13H,2-3,25-26H2,1H3. The lowest BCUT2D eigenvalue weighted by Crippen LogP contribution is -2.40. The van der Waals surface area contributed by atoms with Gasteiger partial charge in [-0.1, -0.05) is 23.4 Å². The minimum atomic E-state index is -4.78. The first kappa shape index (κ1) is 21.6. The van der Waals surface area contributed by atoms with Gasteiger partial charge < -0.3 is 15.0 Å². The summed E-state index contributed by atoms with van der Waals surface area (Å²) in [6.45, 7) is 1.65. The van der Waals surface area contributed by atoms with Gasteiger partial charge in [-0.2, -0.15) is 4.98 Å². The second-order valence-corrected chi connectivity index (χ2v) is 7.53. The summed E-state index contributed by atoms with van der Waals surface area (Å²) in [4.78, 5) is 17.3. The summed E-state index contributed by atoms with van der Waals surface area (Å²) < 4.78 is 46.2. The zero-order chi connectivity index (χ0) is 23.0. The van der Waals surface area contributed by atoms with Crippen LogP contribution in [0.15, 0.2) is 47.0 Å². The first-order chi connectivity index (χ1) is 15.1. The molecule has 4 rings (SSSR count). The predicted octanol–water partition coefficient (Wildman–Crippen LogP) is 4.17. The summed E-state index contributed by atoms with van der Waals surface area (Å²) in [5, 5.41) is 4.89. The Hall–Kier alpha value is -3.60. The van der Waals surface area contributed by atoms with Gasteiger partial charge in [-0.3, -0.25) is 9.80 Å². The van der Waals surface area contributed by atoms with Crippen LogP contribution in [0.2, 0.25) is 0 Å². The van der Waals surface area contributed by atoms with Crippen molar-refractivity contribution < 1.29 is 27.2 Å². The Labute approximate surface area is 180 Å². The van der Waals surface area contributed by atoms with Gasteiger partial charge in [0.25, 0.3) is 11.8 Å². The van der Waals surface area contributed by atoms with E-state index in [1.165, 1.54) is 36.4 Å². The van der Waals surface area contributed by atoms with Crippen molar-refractivity contribution in [2.75, 3.05) is 5.73 Å². The molecule has 0 radical (unpaired) electrons. The van der Waals surface area contributed by atoms with Gasteiger partial charge in [0.15, 0.2) is 5.82 Å². The van der Waals surface area contributed by atoms with Crippen LogP contribution in [-0.4, -0.2) is 27.4 Å². The number of alkyl halides is 3. The van der Waals surface area contributed by atoms with E-state index in [0.29, 0.717) is 22.9 Å². The Morgan fingerprint density at radius 1 is 1.19 bits per heavy atom. The zero-order valence-corrected chi connectivity index (χ0v) is 17.0. The van der Waals surface area contributed by atoms with Gasteiger partial charge in [0.05, 0.1) is 5.56 Å². The first-order valence-corrected chi connectivity index (χ1v) is 9.80. The number of amides is 1. The van der Waals surface area contributed by atoms with Gasteiger partial charge in [-0.05, 0) is 55.2 Å². The molecule has 1 aliphatic carbocycles. The molecule has 168 valence electrons. The molecule has 1 amide bonds. The van der Waals surface area contributed by atoms with E-state index in [9.17, 15) is 18.0 Å². The predicted molar refractivity (Wildman–Crippen MR) is 108 cm³/mol. The number of rotatable bonds is 6. The van der Waals surface area contributed by atoms with Crippen LogP contribution >= 0.6 is 0 Å². The highest BCUT2D eigenvalue weighted by Gasteiger charge is 2.32. The second-order valence-electron chi connectivity index (χ2n) is 7.53. The molecule has 32 heavy (non-hydrogen) atoms. The van der Waals surface area contributed by atoms with E-state index < -0.39 is 18.3 Å². The highest BCUT2D eigenvalue weighted by molar-refractivity contribution is 6.00. The second kappa shape index (κ2) is 8.15. The fraction of sp³-hybridized carbons (Fsp3) is 0.286. The third-order valence-corrected chi connectivity index (χ3v) is 5.11. The number of nitrogens with zero attached hydrogens (tertiary/aromatic N) is 3. The van der Waals surface area contributed by atoms with Crippen molar-refractivity contribution in [3.05, 3.63) is 59.7 Å². The molecule has 8 nitrogen and oxygen atoms in total. The fourth-order valence-electron chi connectivity index (χ4n) is 3.13. The quantitative estimate of drug-likeness (QED) is 0.252. The number of ether oxygens (including phenoxy) is 1. The van der Waals surface area contributed by atoms with Crippen molar-refractivity contribution in [3.8, 4) is 16.9 Å². The molecule has 0 saturated heterocycles. The van der Waals surface area contributed by atoms with Crippen molar-refractivity contribution in [1.29, 1.82) is 0 Å². The minimum absolute atomic E-state index is 0.134. The number of nitrogen functional groups attached to an aromatic ring is 1. The van der Waals surface area contributed by atoms with Gasteiger partial charge in [0, 0.05) is 11.6 Å². The topological polar surface area (TPSA) is 120 Å². The number of hydrazine groups is 1. The fourth-order valence-corrected chi connectivity index (χ4v) is 3.13. The van der Waals surface area contributed by atoms with Gasteiger partial charge in [0.1, 0.15) is 11.8 Å². The molecule has 1 fully saturated rings. The summed E-state index contributed by atoms with van der Waals surface area (Å²) in [7, 11) is 0. The largest absolute Gasteiger partial charge is 0.573 e. The summed E-state index contributed by atoms with van der Waals surface area (Å²) in [6, 6.07) is 9.27. The van der Waals surface area contributed by atoms with Crippen LogP contribution in [0, 0.1) is 0 Å². The molecule has 1 aliphatic rings. The van der Waals surface area contributed by atoms with E-state index in [-0.39, 0.29) is 22.9 Å². The monoisotopic (exact) mass is 447 g/mol. The molecule has 0 aliphatic heterocycles. The SMILES string of the molecule is CC(c1nc(C2CC2)no1)N(N)C(=O)c1cc(-c2ccc(OC(F)(F)F)cc2)ccc1N. The molecule has 11 heteroatoms. The molecule has 1 saturated carbocycles. The number of hydrogen-bond donors (Lipinski definition) is 2. The van der Waals surface area contributed by atoms with Crippen LogP contribution in [0.5, 0.6) is 5.75 Å². The van der Waals surface area contributed by atoms with E-state index in [1.54, 1.807) is 13.0 Å². The van der Waals surface area contributed by atoms with E-state index in [4.69, 9.17) is 16.1 Å². The number of carbonyl (C=O) groups excluding carboxylic acids is 1. The maximum absolute atomic E-state index is 13.0. The highest BCUT2D eigenvalue weighted by atomic mass is 19.4. The molecular weight excluding hydrogens is 427 g/mol. The molecule has 4 N–H and O–H groups in total. The van der Waals surface area contributed by atoms with E-state index in [1.807, 2.05) is 0 Å². The molecular formula is C21H20F3N5O3. The van der Waals surface area contributed by atoms with Crippen molar-refractivity contribution in [2.24, 2.45) is 5.84 Å². The zero-order valence-electron chi connectivity index (χ0n) is 17.0. The maximum Gasteiger partial charge on any atom is 0.573 e. The smallest absolute Gasteiger partial charge is 0.406 e. The molecule has 1 heterocycles. The summed E-state index contributed by atoms with van der Waals surface area (Å²) in [6.07, 6.45) is -2.77. The lowest BCUT2D eigenvalue weighted by molar-refractivity contribution is -0.274. The number of nitrogens with two attached hydrogens (primary N) is 2. The number of aromatic nitrogens is 2. The van der Waals surface area contributed by atoms with E-state index in [2.05, 4.69) is 14.9 Å². The summed E-state index contributed by atoms with van der Waals surface area (Å²) in [5.74, 6) is 6.24. The Balaban J connectivity index is 1.54. The molecule has 2 aromatic carbocycles. The van der Waals surface area contributed by atoms with Crippen LogP contribution in [0.4, 0.5) is 18.9 Å². The Kier molecular flexibility index (Phi) is 5.51. The van der Waals surface area contributed by atoms with Gasteiger partial charge in [-0.25, -0.2) is 5.84 Å². The van der Waals surface area contributed by atoms with Gasteiger partial charge in [-0.15, -0.1) is 13.2 Å². The van der Waals surface area contributed by atoms with Gasteiger partial charge in [0.2, 0.25) is 0 Å². The Morgan fingerprint density at radius 2 is 1.84 bits per heavy atom. The van der Waals surface area contributed by atoms with Crippen molar-refractivity contribution in [3.63, 3.8) is 0 Å². The minimum Gasteiger partial charge on any atom is -0.406 e. The molecule has 1 aromatic heterocycles. The lowest BCUT2D eigenvalue weighted by Gasteiger charge is -2.22. The van der Waals surface area contributed by atoms with Crippen LogP contribution in [0.3, 0.4) is 0 Å². The third-order valence-electron chi connectivity index (χ3n) is 5.11. The average molecular weight is 447 g/mol. The number of halogens is 3. The van der Waals surface area contributed by atoms with Crippen molar-refractivity contribution in [2.45, 2.75) is 38.1 Å². The average Bonchev–Trinajstić information content (AvgIpc) is 3.48. The van der Waals surface area contributed by atoms with Crippen LogP contribution in [0.25, 0.3) is 11.1 Å². The van der Waals surface area contributed by atoms with Gasteiger partial charge >= 0.3 is 6.36 Å². The molecule has 0 bridgehead atoms. The number of carbonyl (C=O) groups is 1. The molecule has 3 aromatic rings. The Bertz CT molecular complexity index is 1130. The molecule has 0 spiro atoms. The highest BCUT2D eigenvalue weighted by Crippen LogP contribution is 2.38. The van der Waals surface area contributed by atoms with Crippen molar-refractivity contribution >= 4 is 11.6 Å². The third kappa shape index (κ3) is 4.67. The lowest BCUT2D eigenvalue weighted by atomic mass is 10.0. The Morgan fingerprint density at radius 3 is 2.47 bits per heavy atom. The molecule has 1 unspecified atom stereocenters. The van der Waals surface area contributed by atoms with E-state index >= 15 is 0 Å². The van der Waals surface area contributed by atoms with Crippen LogP contribution in [0.1, 0.15) is 53.8 Å². The van der Waals surface area contributed by atoms with Crippen molar-refractivity contribution in [1.82, 2.24) is 15.1 Å².